The molecule has 0 spiro atoms. The van der Waals surface area contributed by atoms with Crippen molar-refractivity contribution in [1.82, 2.24) is 4.90 Å². The molecule has 0 aliphatic heterocycles. The molecule has 2 aromatic carbocycles. The third-order valence-corrected chi connectivity index (χ3v) is 4.42. The van der Waals surface area contributed by atoms with Crippen molar-refractivity contribution in [3.63, 3.8) is 0 Å². The van der Waals surface area contributed by atoms with Crippen molar-refractivity contribution in [3.8, 4) is 11.5 Å². The van der Waals surface area contributed by atoms with Gasteiger partial charge in [-0.15, -0.1) is 0 Å². The predicted molar refractivity (Wildman–Crippen MR) is 108 cm³/mol. The number of aryl methyl sites for hydroxylation is 1. The maximum Gasteiger partial charge on any atom is 0.119 e. The second kappa shape index (κ2) is 9.97. The lowest BCUT2D eigenvalue weighted by Gasteiger charge is -2.24. The van der Waals surface area contributed by atoms with Crippen LogP contribution in [0, 0.1) is 6.92 Å². The summed E-state index contributed by atoms with van der Waals surface area (Å²) in [5, 5.41) is 10.5. The average molecular weight is 381 g/mol. The zero-order valence-corrected chi connectivity index (χ0v) is 16.4. The van der Waals surface area contributed by atoms with Crippen LogP contribution >= 0.6 is 0 Å². The highest BCUT2D eigenvalue weighted by molar-refractivity contribution is 5.31. The van der Waals surface area contributed by atoms with E-state index in [1.54, 1.807) is 13.4 Å². The van der Waals surface area contributed by atoms with E-state index in [0.29, 0.717) is 18.8 Å². The predicted octanol–water partition coefficient (Wildman–Crippen LogP) is 4.04. The van der Waals surface area contributed by atoms with Crippen molar-refractivity contribution in [2.45, 2.75) is 26.1 Å². The van der Waals surface area contributed by atoms with Gasteiger partial charge in [-0.3, -0.25) is 4.90 Å². The molecule has 5 nitrogen and oxygen atoms in total. The second-order valence-corrected chi connectivity index (χ2v) is 6.88. The van der Waals surface area contributed by atoms with Crippen LogP contribution in [0.5, 0.6) is 11.5 Å². The molecule has 0 aliphatic rings. The Morgan fingerprint density at radius 3 is 2.46 bits per heavy atom. The Hall–Kier alpha value is -2.76. The molecule has 0 saturated heterocycles. The summed E-state index contributed by atoms with van der Waals surface area (Å²) in [5.41, 5.74) is 2.42. The van der Waals surface area contributed by atoms with Crippen molar-refractivity contribution >= 4 is 0 Å². The molecule has 0 aliphatic carbocycles. The molecule has 1 heterocycles. The molecule has 0 saturated carbocycles. The van der Waals surface area contributed by atoms with Gasteiger partial charge >= 0.3 is 0 Å². The van der Waals surface area contributed by atoms with Crippen LogP contribution in [-0.4, -0.2) is 36.4 Å². The van der Waals surface area contributed by atoms with E-state index in [-0.39, 0.29) is 6.61 Å². The Morgan fingerprint density at radius 2 is 1.79 bits per heavy atom. The number of hydrogen-bond acceptors (Lipinski definition) is 5. The molecule has 1 N–H and O–H groups in total. The van der Waals surface area contributed by atoms with Crippen LogP contribution in [0.3, 0.4) is 0 Å². The smallest absolute Gasteiger partial charge is 0.119 e. The molecule has 0 bridgehead atoms. The summed E-state index contributed by atoms with van der Waals surface area (Å²) in [7, 11) is 1.63. The summed E-state index contributed by atoms with van der Waals surface area (Å²) in [6.07, 6.45) is 1.05. The van der Waals surface area contributed by atoms with Gasteiger partial charge in [0, 0.05) is 13.1 Å². The van der Waals surface area contributed by atoms with Crippen LogP contribution in [0.2, 0.25) is 0 Å². The first kappa shape index (κ1) is 20.0. The molecular weight excluding hydrogens is 354 g/mol. The Balaban J connectivity index is 1.58. The van der Waals surface area contributed by atoms with Crippen LogP contribution in [0.1, 0.15) is 16.9 Å². The number of hydrogen-bond donors (Lipinski definition) is 1. The molecular formula is C23H27NO4. The molecule has 5 heteroatoms. The van der Waals surface area contributed by atoms with Gasteiger partial charge in [-0.1, -0.05) is 29.8 Å². The van der Waals surface area contributed by atoms with Crippen LogP contribution in [-0.2, 0) is 13.1 Å². The fourth-order valence-corrected chi connectivity index (χ4v) is 3.09. The lowest BCUT2D eigenvalue weighted by Crippen LogP contribution is -2.35. The summed E-state index contributed by atoms with van der Waals surface area (Å²) >= 11 is 0. The van der Waals surface area contributed by atoms with Crippen molar-refractivity contribution in [2.24, 2.45) is 0 Å². The van der Waals surface area contributed by atoms with Crippen LogP contribution in [0.25, 0.3) is 0 Å². The lowest BCUT2D eigenvalue weighted by atomic mass is 10.1. The fraction of sp³-hybridized carbons (Fsp3) is 0.304. The monoisotopic (exact) mass is 381 g/mol. The molecule has 0 fully saturated rings. The number of methoxy groups -OCH3 is 1. The van der Waals surface area contributed by atoms with Crippen LogP contribution in [0.15, 0.2) is 71.3 Å². The lowest BCUT2D eigenvalue weighted by molar-refractivity contribution is 0.0604. The van der Waals surface area contributed by atoms with Crippen molar-refractivity contribution in [3.05, 3.63) is 83.8 Å². The largest absolute Gasteiger partial charge is 0.497 e. The summed E-state index contributed by atoms with van der Waals surface area (Å²) in [6.45, 7) is 4.13. The van der Waals surface area contributed by atoms with E-state index in [4.69, 9.17) is 13.9 Å². The molecule has 3 rings (SSSR count). The highest BCUT2D eigenvalue weighted by Crippen LogP contribution is 2.18. The zero-order chi connectivity index (χ0) is 19.8. The van der Waals surface area contributed by atoms with Crippen molar-refractivity contribution < 1.29 is 19.0 Å². The van der Waals surface area contributed by atoms with E-state index in [0.717, 1.165) is 18.1 Å². The van der Waals surface area contributed by atoms with E-state index in [9.17, 15) is 5.11 Å². The highest BCUT2D eigenvalue weighted by atomic mass is 16.5. The molecule has 3 aromatic rings. The minimum atomic E-state index is -0.623. The topological polar surface area (TPSA) is 55.1 Å². The third kappa shape index (κ3) is 6.15. The van der Waals surface area contributed by atoms with E-state index < -0.39 is 6.10 Å². The maximum atomic E-state index is 10.5. The maximum absolute atomic E-state index is 10.5. The van der Waals surface area contributed by atoms with E-state index in [2.05, 4.69) is 36.1 Å². The fourth-order valence-electron chi connectivity index (χ4n) is 3.09. The molecule has 148 valence electrons. The molecule has 1 aromatic heterocycles. The molecule has 28 heavy (non-hydrogen) atoms. The first-order chi connectivity index (χ1) is 13.6. The number of aliphatic hydroxyl groups excluding tert-OH is 1. The van der Waals surface area contributed by atoms with Crippen LogP contribution < -0.4 is 9.47 Å². The molecule has 0 radical (unpaired) electrons. The van der Waals surface area contributed by atoms with Gasteiger partial charge < -0.3 is 19.0 Å². The van der Waals surface area contributed by atoms with Gasteiger partial charge in [0.1, 0.15) is 30.0 Å². The third-order valence-electron chi connectivity index (χ3n) is 4.42. The van der Waals surface area contributed by atoms with Gasteiger partial charge in [0.05, 0.1) is 19.9 Å². The molecule has 0 unspecified atom stereocenters. The van der Waals surface area contributed by atoms with Gasteiger partial charge in [-0.2, -0.15) is 0 Å². The summed E-state index contributed by atoms with van der Waals surface area (Å²) in [6, 6.07) is 19.6. The number of ether oxygens (including phenoxy) is 2. The Bertz CT molecular complexity index is 830. The number of rotatable bonds is 10. The summed E-state index contributed by atoms with van der Waals surface area (Å²) in [4.78, 5) is 2.16. The normalized spacial score (nSPS) is 12.1. The minimum Gasteiger partial charge on any atom is -0.497 e. The van der Waals surface area contributed by atoms with Gasteiger partial charge in [-0.05, 0) is 48.9 Å². The van der Waals surface area contributed by atoms with E-state index in [1.807, 2.05) is 36.4 Å². The summed E-state index contributed by atoms with van der Waals surface area (Å²) < 4.78 is 16.4. The Kier molecular flexibility index (Phi) is 7.12. The molecule has 1 atom stereocenters. The second-order valence-electron chi connectivity index (χ2n) is 6.88. The Labute approximate surface area is 166 Å². The quantitative estimate of drug-likeness (QED) is 0.574. The Morgan fingerprint density at radius 1 is 1.00 bits per heavy atom. The number of nitrogens with zero attached hydrogens (tertiary/aromatic N) is 1. The minimum absolute atomic E-state index is 0.217. The van der Waals surface area contributed by atoms with E-state index >= 15 is 0 Å². The van der Waals surface area contributed by atoms with Gasteiger partial charge in [0.2, 0.25) is 0 Å². The van der Waals surface area contributed by atoms with Gasteiger partial charge in [-0.25, -0.2) is 0 Å². The highest BCUT2D eigenvalue weighted by Gasteiger charge is 2.15. The zero-order valence-electron chi connectivity index (χ0n) is 16.4. The van der Waals surface area contributed by atoms with E-state index in [1.165, 1.54) is 11.1 Å². The summed E-state index contributed by atoms with van der Waals surface area (Å²) in [5.74, 6) is 2.35. The first-order valence-corrected chi connectivity index (χ1v) is 9.37. The number of furan rings is 1. The van der Waals surface area contributed by atoms with Gasteiger partial charge in [0.15, 0.2) is 0 Å². The standard InChI is InChI=1S/C23H27NO4/c1-18-5-3-6-19(13-18)14-24(16-23-7-4-12-27-23)15-20(25)17-28-22-10-8-21(26-2)9-11-22/h3-13,20,25H,14-17H2,1-2H3/t20-/m0/s1. The SMILES string of the molecule is COc1ccc(OC[C@@H](O)CN(Cc2cccc(C)c2)Cc2ccco2)cc1. The van der Waals surface area contributed by atoms with Crippen LogP contribution in [0.4, 0.5) is 0 Å². The first-order valence-electron chi connectivity index (χ1n) is 9.37. The number of aliphatic hydroxyl groups is 1. The number of benzene rings is 2. The van der Waals surface area contributed by atoms with Crippen molar-refractivity contribution in [2.75, 3.05) is 20.3 Å². The molecule has 0 amide bonds. The van der Waals surface area contributed by atoms with Gasteiger partial charge in [0.25, 0.3) is 0 Å². The van der Waals surface area contributed by atoms with Crippen molar-refractivity contribution in [1.29, 1.82) is 0 Å². The average Bonchev–Trinajstić information content (AvgIpc) is 3.20.